The number of carbonyl (C=O) groups excluding carboxylic acids is 2. The number of amides is 3. The van der Waals surface area contributed by atoms with Gasteiger partial charge in [0, 0.05) is 12.1 Å². The smallest absolute Gasteiger partial charge is 0.329 e. The van der Waals surface area contributed by atoms with Crippen LogP contribution in [-0.4, -0.2) is 23.4 Å². The van der Waals surface area contributed by atoms with Crippen LogP contribution in [0.2, 0.25) is 0 Å². The van der Waals surface area contributed by atoms with Crippen LogP contribution in [0.3, 0.4) is 0 Å². The SMILES string of the molecule is CCCN1C(=O)N/C(=C/c2ccccc2OCc2ccc(F)cc2)C1=O. The summed E-state index contributed by atoms with van der Waals surface area (Å²) in [5, 5.41) is 2.60. The number of carbonyl (C=O) groups is 2. The average molecular weight is 354 g/mol. The molecule has 6 heteroatoms. The van der Waals surface area contributed by atoms with Crippen molar-refractivity contribution < 1.29 is 18.7 Å². The standard InChI is InChI=1S/C20H19FN2O3/c1-2-11-23-19(24)17(22-20(23)25)12-15-5-3-4-6-18(15)26-13-14-7-9-16(21)10-8-14/h3-10,12H,2,11,13H2,1H3,(H,22,25)/b17-12+. The summed E-state index contributed by atoms with van der Waals surface area (Å²) in [5.74, 6) is -0.0727. The third-order valence-electron chi connectivity index (χ3n) is 3.94. The molecule has 1 heterocycles. The highest BCUT2D eigenvalue weighted by Gasteiger charge is 2.32. The molecule has 0 spiro atoms. The van der Waals surface area contributed by atoms with Gasteiger partial charge in [-0.3, -0.25) is 9.69 Å². The summed E-state index contributed by atoms with van der Waals surface area (Å²) in [5.41, 5.74) is 1.73. The van der Waals surface area contributed by atoms with E-state index in [0.29, 0.717) is 24.3 Å². The minimum Gasteiger partial charge on any atom is -0.488 e. The molecule has 134 valence electrons. The zero-order valence-electron chi connectivity index (χ0n) is 14.4. The summed E-state index contributed by atoms with van der Waals surface area (Å²) in [6, 6.07) is 12.9. The molecular formula is C20H19FN2O3. The first-order valence-corrected chi connectivity index (χ1v) is 8.39. The summed E-state index contributed by atoms with van der Waals surface area (Å²) in [7, 11) is 0. The molecule has 5 nitrogen and oxygen atoms in total. The topological polar surface area (TPSA) is 58.6 Å². The Balaban J connectivity index is 1.78. The average Bonchev–Trinajstić information content (AvgIpc) is 2.90. The number of hydrogen-bond acceptors (Lipinski definition) is 3. The summed E-state index contributed by atoms with van der Waals surface area (Å²) in [6.45, 7) is 2.55. The Hall–Kier alpha value is -3.15. The van der Waals surface area contributed by atoms with E-state index < -0.39 is 6.03 Å². The Bertz CT molecular complexity index is 846. The number of ether oxygens (including phenoxy) is 1. The highest BCUT2D eigenvalue weighted by atomic mass is 19.1. The molecule has 1 saturated heterocycles. The second-order valence-corrected chi connectivity index (χ2v) is 5.90. The number of hydrogen-bond donors (Lipinski definition) is 1. The molecule has 0 atom stereocenters. The van der Waals surface area contributed by atoms with E-state index in [-0.39, 0.29) is 24.0 Å². The van der Waals surface area contributed by atoms with Gasteiger partial charge in [-0.2, -0.15) is 0 Å². The van der Waals surface area contributed by atoms with Gasteiger partial charge in [-0.25, -0.2) is 9.18 Å². The predicted molar refractivity (Wildman–Crippen MR) is 95.7 cm³/mol. The Morgan fingerprint density at radius 1 is 1.12 bits per heavy atom. The highest BCUT2D eigenvalue weighted by molar-refractivity contribution is 6.14. The van der Waals surface area contributed by atoms with Gasteiger partial charge in [0.1, 0.15) is 23.9 Å². The Kier molecular flexibility index (Phi) is 5.31. The lowest BCUT2D eigenvalue weighted by Gasteiger charge is -2.10. The molecule has 3 rings (SSSR count). The van der Waals surface area contributed by atoms with Gasteiger partial charge in [-0.1, -0.05) is 37.3 Å². The minimum atomic E-state index is -0.409. The first-order valence-electron chi connectivity index (χ1n) is 8.39. The number of benzene rings is 2. The lowest BCUT2D eigenvalue weighted by molar-refractivity contribution is -0.122. The molecule has 2 aromatic rings. The van der Waals surface area contributed by atoms with E-state index in [1.54, 1.807) is 30.3 Å². The van der Waals surface area contributed by atoms with E-state index in [2.05, 4.69) is 5.32 Å². The molecule has 0 bridgehead atoms. The van der Waals surface area contributed by atoms with E-state index in [1.165, 1.54) is 17.0 Å². The van der Waals surface area contributed by atoms with Crippen LogP contribution in [0.1, 0.15) is 24.5 Å². The first-order chi connectivity index (χ1) is 12.6. The summed E-state index contributed by atoms with van der Waals surface area (Å²) >= 11 is 0. The predicted octanol–water partition coefficient (Wildman–Crippen LogP) is 3.71. The fourth-order valence-corrected chi connectivity index (χ4v) is 2.63. The highest BCUT2D eigenvalue weighted by Crippen LogP contribution is 2.23. The van der Waals surface area contributed by atoms with Crippen molar-refractivity contribution in [3.05, 3.63) is 71.2 Å². The zero-order valence-corrected chi connectivity index (χ0v) is 14.4. The van der Waals surface area contributed by atoms with Crippen LogP contribution >= 0.6 is 0 Å². The fraction of sp³-hybridized carbons (Fsp3) is 0.200. The van der Waals surface area contributed by atoms with Crippen LogP contribution < -0.4 is 10.1 Å². The van der Waals surface area contributed by atoms with Gasteiger partial charge in [0.15, 0.2) is 0 Å². The molecule has 0 unspecified atom stereocenters. The van der Waals surface area contributed by atoms with Crippen molar-refractivity contribution in [1.82, 2.24) is 10.2 Å². The molecule has 1 N–H and O–H groups in total. The first kappa shape index (κ1) is 17.7. The summed E-state index contributed by atoms with van der Waals surface area (Å²) in [6.07, 6.45) is 2.31. The van der Waals surface area contributed by atoms with Crippen molar-refractivity contribution in [3.63, 3.8) is 0 Å². The van der Waals surface area contributed by atoms with Gasteiger partial charge in [0.25, 0.3) is 5.91 Å². The second kappa shape index (κ2) is 7.82. The maximum Gasteiger partial charge on any atom is 0.329 e. The molecule has 1 aliphatic heterocycles. The number of urea groups is 1. The maximum atomic E-state index is 13.0. The zero-order chi connectivity index (χ0) is 18.5. The van der Waals surface area contributed by atoms with Gasteiger partial charge in [0.05, 0.1) is 0 Å². The number of nitrogens with one attached hydrogen (secondary N) is 1. The van der Waals surface area contributed by atoms with E-state index in [1.807, 2.05) is 19.1 Å². The molecule has 0 saturated carbocycles. The van der Waals surface area contributed by atoms with Crippen LogP contribution in [0.25, 0.3) is 6.08 Å². The van der Waals surface area contributed by atoms with Gasteiger partial charge >= 0.3 is 6.03 Å². The van der Waals surface area contributed by atoms with E-state index >= 15 is 0 Å². The molecule has 26 heavy (non-hydrogen) atoms. The van der Waals surface area contributed by atoms with E-state index in [4.69, 9.17) is 4.74 Å². The number of para-hydroxylation sites is 1. The lowest BCUT2D eigenvalue weighted by Crippen LogP contribution is -2.31. The van der Waals surface area contributed by atoms with Gasteiger partial charge < -0.3 is 10.1 Å². The lowest BCUT2D eigenvalue weighted by atomic mass is 10.1. The molecule has 0 aliphatic carbocycles. The number of halogens is 1. The van der Waals surface area contributed by atoms with Crippen molar-refractivity contribution in [2.75, 3.05) is 6.54 Å². The normalized spacial score (nSPS) is 15.5. The quantitative estimate of drug-likeness (QED) is 0.635. The third kappa shape index (κ3) is 3.91. The van der Waals surface area contributed by atoms with Crippen molar-refractivity contribution >= 4 is 18.0 Å². The van der Waals surface area contributed by atoms with Gasteiger partial charge in [-0.15, -0.1) is 0 Å². The summed E-state index contributed by atoms with van der Waals surface area (Å²) < 4.78 is 18.8. The fourth-order valence-electron chi connectivity index (χ4n) is 2.63. The molecular weight excluding hydrogens is 335 g/mol. The molecule has 0 radical (unpaired) electrons. The Morgan fingerprint density at radius 3 is 2.58 bits per heavy atom. The summed E-state index contributed by atoms with van der Waals surface area (Å²) in [4.78, 5) is 25.4. The second-order valence-electron chi connectivity index (χ2n) is 5.90. The third-order valence-corrected chi connectivity index (χ3v) is 3.94. The number of nitrogens with zero attached hydrogens (tertiary/aromatic N) is 1. The van der Waals surface area contributed by atoms with Gasteiger partial charge in [-0.05, 0) is 36.3 Å². The number of rotatable bonds is 6. The van der Waals surface area contributed by atoms with Gasteiger partial charge in [0.2, 0.25) is 0 Å². The molecule has 1 fully saturated rings. The van der Waals surface area contributed by atoms with E-state index in [9.17, 15) is 14.0 Å². The molecule has 3 amide bonds. The van der Waals surface area contributed by atoms with Crippen molar-refractivity contribution in [2.24, 2.45) is 0 Å². The molecule has 2 aromatic carbocycles. The monoisotopic (exact) mass is 354 g/mol. The van der Waals surface area contributed by atoms with Crippen molar-refractivity contribution in [3.8, 4) is 5.75 Å². The number of imide groups is 1. The maximum absolute atomic E-state index is 13.0. The minimum absolute atomic E-state index is 0.223. The van der Waals surface area contributed by atoms with Crippen LogP contribution in [0, 0.1) is 5.82 Å². The van der Waals surface area contributed by atoms with Crippen LogP contribution in [0.4, 0.5) is 9.18 Å². The van der Waals surface area contributed by atoms with Crippen molar-refractivity contribution in [2.45, 2.75) is 20.0 Å². The van der Waals surface area contributed by atoms with E-state index in [0.717, 1.165) is 5.56 Å². The Labute approximate surface area is 151 Å². The van der Waals surface area contributed by atoms with Crippen LogP contribution in [0.5, 0.6) is 5.75 Å². The van der Waals surface area contributed by atoms with Crippen LogP contribution in [-0.2, 0) is 11.4 Å². The molecule has 1 aliphatic rings. The van der Waals surface area contributed by atoms with Crippen LogP contribution in [0.15, 0.2) is 54.2 Å². The van der Waals surface area contributed by atoms with Crippen molar-refractivity contribution in [1.29, 1.82) is 0 Å². The molecule has 0 aromatic heterocycles. The largest absolute Gasteiger partial charge is 0.488 e. The Morgan fingerprint density at radius 2 is 1.85 bits per heavy atom.